The maximum Gasteiger partial charge on any atom is 0.408 e. The molecule has 0 aliphatic carbocycles. The van der Waals surface area contributed by atoms with Gasteiger partial charge in [0.15, 0.2) is 0 Å². The van der Waals surface area contributed by atoms with Gasteiger partial charge in [-0.3, -0.25) is 4.79 Å². The number of aliphatic carboxylic acids is 1. The number of amides is 1. The van der Waals surface area contributed by atoms with E-state index in [4.69, 9.17) is 14.6 Å². The van der Waals surface area contributed by atoms with E-state index in [1.54, 1.807) is 13.8 Å². The minimum Gasteiger partial charge on any atom is -0.480 e. The fourth-order valence-electron chi connectivity index (χ4n) is 1.72. The van der Waals surface area contributed by atoms with Crippen molar-refractivity contribution in [3.05, 3.63) is 35.9 Å². The third kappa shape index (κ3) is 7.85. The summed E-state index contributed by atoms with van der Waals surface area (Å²) >= 11 is 0. The van der Waals surface area contributed by atoms with E-state index in [1.807, 2.05) is 30.3 Å². The zero-order chi connectivity index (χ0) is 17.2. The molecule has 1 rings (SSSR count). The van der Waals surface area contributed by atoms with Crippen LogP contribution in [0.1, 0.15) is 32.3 Å². The van der Waals surface area contributed by atoms with Crippen LogP contribution >= 0.6 is 0 Å². The average molecular weight is 323 g/mol. The van der Waals surface area contributed by atoms with Crippen molar-refractivity contribution in [3.8, 4) is 0 Å². The van der Waals surface area contributed by atoms with Crippen molar-refractivity contribution < 1.29 is 29.0 Å². The zero-order valence-corrected chi connectivity index (χ0v) is 13.2. The Labute approximate surface area is 134 Å². The predicted octanol–water partition coefficient (Wildman–Crippen LogP) is 2.10. The molecule has 0 radical (unpaired) electrons. The van der Waals surface area contributed by atoms with Crippen LogP contribution in [0.2, 0.25) is 0 Å². The number of carboxylic acids is 1. The number of esters is 1. The number of carbonyl (C=O) groups is 3. The van der Waals surface area contributed by atoms with Crippen molar-refractivity contribution in [1.82, 2.24) is 5.32 Å². The molecule has 1 aromatic carbocycles. The lowest BCUT2D eigenvalue weighted by Gasteiger charge is -2.15. The standard InChI is InChI=1S/C16H21NO6/c1-11(2)23-16(21)17-13(15(19)20)8-9-14(18)22-10-12-6-4-3-5-7-12/h3-7,11,13H,8-10H2,1-2H3,(H,17,21)(H,19,20). The second-order valence-corrected chi connectivity index (χ2v) is 5.17. The molecule has 2 N–H and O–H groups in total. The minimum absolute atomic E-state index is 0.0733. The molecule has 7 heteroatoms. The highest BCUT2D eigenvalue weighted by atomic mass is 16.6. The van der Waals surface area contributed by atoms with Crippen molar-refractivity contribution in [2.24, 2.45) is 0 Å². The first-order valence-electron chi connectivity index (χ1n) is 7.28. The number of hydrogen-bond donors (Lipinski definition) is 2. The molecule has 0 saturated heterocycles. The summed E-state index contributed by atoms with van der Waals surface area (Å²) in [5, 5.41) is 11.3. The molecule has 7 nitrogen and oxygen atoms in total. The van der Waals surface area contributed by atoms with Crippen LogP contribution in [0.3, 0.4) is 0 Å². The summed E-state index contributed by atoms with van der Waals surface area (Å²) in [6.07, 6.45) is -1.38. The van der Waals surface area contributed by atoms with Crippen LogP contribution in [-0.2, 0) is 25.7 Å². The molecular weight excluding hydrogens is 302 g/mol. The van der Waals surface area contributed by atoms with Crippen molar-refractivity contribution >= 4 is 18.0 Å². The highest BCUT2D eigenvalue weighted by molar-refractivity contribution is 5.80. The van der Waals surface area contributed by atoms with Gasteiger partial charge in [0, 0.05) is 6.42 Å². The molecule has 1 unspecified atom stereocenters. The van der Waals surface area contributed by atoms with Crippen molar-refractivity contribution in [3.63, 3.8) is 0 Å². The average Bonchev–Trinajstić information content (AvgIpc) is 2.49. The van der Waals surface area contributed by atoms with Crippen LogP contribution in [0.15, 0.2) is 30.3 Å². The van der Waals surface area contributed by atoms with Crippen LogP contribution < -0.4 is 5.32 Å². The molecule has 0 fully saturated rings. The molecule has 0 bridgehead atoms. The van der Waals surface area contributed by atoms with Gasteiger partial charge in [-0.2, -0.15) is 0 Å². The summed E-state index contributed by atoms with van der Waals surface area (Å²) < 4.78 is 9.87. The fraction of sp³-hybridized carbons (Fsp3) is 0.438. The number of alkyl carbamates (subject to hydrolysis) is 1. The topological polar surface area (TPSA) is 102 Å². The zero-order valence-electron chi connectivity index (χ0n) is 13.2. The lowest BCUT2D eigenvalue weighted by atomic mass is 10.1. The minimum atomic E-state index is -1.23. The lowest BCUT2D eigenvalue weighted by Crippen LogP contribution is -2.42. The molecular formula is C16H21NO6. The first kappa shape index (κ1) is 18.5. The summed E-state index contributed by atoms with van der Waals surface area (Å²) in [5.41, 5.74) is 0.842. The van der Waals surface area contributed by atoms with Gasteiger partial charge < -0.3 is 19.9 Å². The van der Waals surface area contributed by atoms with E-state index in [-0.39, 0.29) is 25.6 Å². The van der Waals surface area contributed by atoms with E-state index in [0.717, 1.165) is 5.56 Å². The van der Waals surface area contributed by atoms with Crippen LogP contribution in [0.25, 0.3) is 0 Å². The Morgan fingerprint density at radius 3 is 2.39 bits per heavy atom. The summed E-state index contributed by atoms with van der Waals surface area (Å²) in [6.45, 7) is 3.42. The molecule has 1 aromatic rings. The molecule has 0 aliphatic rings. The quantitative estimate of drug-likeness (QED) is 0.710. The van der Waals surface area contributed by atoms with Gasteiger partial charge in [-0.1, -0.05) is 30.3 Å². The number of nitrogens with one attached hydrogen (secondary N) is 1. The van der Waals surface area contributed by atoms with E-state index in [1.165, 1.54) is 0 Å². The Kier molecular flexibility index (Phi) is 7.59. The second-order valence-electron chi connectivity index (χ2n) is 5.17. The van der Waals surface area contributed by atoms with Crippen molar-refractivity contribution in [2.75, 3.05) is 0 Å². The second kappa shape index (κ2) is 9.45. The molecule has 1 amide bonds. The SMILES string of the molecule is CC(C)OC(=O)NC(CCC(=O)OCc1ccccc1)C(=O)O. The summed E-state index contributed by atoms with van der Waals surface area (Å²) in [5.74, 6) is -1.76. The van der Waals surface area contributed by atoms with Crippen LogP contribution in [0.4, 0.5) is 4.79 Å². The van der Waals surface area contributed by atoms with E-state index in [2.05, 4.69) is 5.32 Å². The largest absolute Gasteiger partial charge is 0.480 e. The van der Waals surface area contributed by atoms with Gasteiger partial charge in [0.25, 0.3) is 0 Å². The molecule has 0 spiro atoms. The summed E-state index contributed by atoms with van der Waals surface area (Å²) in [7, 11) is 0. The Hall–Kier alpha value is -2.57. The monoisotopic (exact) mass is 323 g/mol. The number of carbonyl (C=O) groups excluding carboxylic acids is 2. The highest BCUT2D eigenvalue weighted by Gasteiger charge is 2.22. The van der Waals surface area contributed by atoms with Crippen molar-refractivity contribution in [1.29, 1.82) is 0 Å². The van der Waals surface area contributed by atoms with Gasteiger partial charge in [-0.25, -0.2) is 9.59 Å². The Morgan fingerprint density at radius 1 is 1.17 bits per heavy atom. The van der Waals surface area contributed by atoms with E-state index >= 15 is 0 Å². The maximum atomic E-state index is 11.6. The first-order valence-corrected chi connectivity index (χ1v) is 7.28. The van der Waals surface area contributed by atoms with Gasteiger partial charge in [0.05, 0.1) is 6.10 Å². The van der Waals surface area contributed by atoms with Crippen molar-refractivity contribution in [2.45, 2.75) is 45.4 Å². The summed E-state index contributed by atoms with van der Waals surface area (Å²) in [4.78, 5) is 34.1. The van der Waals surface area contributed by atoms with E-state index < -0.39 is 24.1 Å². The number of ether oxygens (including phenoxy) is 2. The molecule has 1 atom stereocenters. The van der Waals surface area contributed by atoms with Gasteiger partial charge in [-0.15, -0.1) is 0 Å². The van der Waals surface area contributed by atoms with Crippen LogP contribution in [0.5, 0.6) is 0 Å². The fourth-order valence-corrected chi connectivity index (χ4v) is 1.72. The highest BCUT2D eigenvalue weighted by Crippen LogP contribution is 2.05. The maximum absolute atomic E-state index is 11.6. The lowest BCUT2D eigenvalue weighted by molar-refractivity contribution is -0.145. The Morgan fingerprint density at radius 2 is 1.83 bits per heavy atom. The molecule has 0 aliphatic heterocycles. The predicted molar refractivity (Wildman–Crippen MR) is 81.6 cm³/mol. The third-order valence-electron chi connectivity index (χ3n) is 2.81. The summed E-state index contributed by atoms with van der Waals surface area (Å²) in [6, 6.07) is 7.94. The number of rotatable bonds is 8. The van der Waals surface area contributed by atoms with Gasteiger partial charge in [-0.05, 0) is 25.8 Å². The molecule has 0 saturated carbocycles. The first-order chi connectivity index (χ1) is 10.9. The van der Waals surface area contributed by atoms with Gasteiger partial charge >= 0.3 is 18.0 Å². The Bertz CT molecular complexity index is 529. The van der Waals surface area contributed by atoms with Gasteiger partial charge in [0.1, 0.15) is 12.6 Å². The Balaban J connectivity index is 2.38. The normalized spacial score (nSPS) is 11.6. The third-order valence-corrected chi connectivity index (χ3v) is 2.81. The number of benzene rings is 1. The molecule has 23 heavy (non-hydrogen) atoms. The molecule has 0 aromatic heterocycles. The number of hydrogen-bond acceptors (Lipinski definition) is 5. The molecule has 126 valence electrons. The molecule has 0 heterocycles. The van der Waals surface area contributed by atoms with Crippen LogP contribution in [0, 0.1) is 0 Å². The smallest absolute Gasteiger partial charge is 0.408 e. The number of carboxylic acid groups (broad SMARTS) is 1. The van der Waals surface area contributed by atoms with E-state index in [0.29, 0.717) is 0 Å². The van der Waals surface area contributed by atoms with E-state index in [9.17, 15) is 14.4 Å². The van der Waals surface area contributed by atoms with Crippen LogP contribution in [-0.4, -0.2) is 35.3 Å². The van der Waals surface area contributed by atoms with Gasteiger partial charge in [0.2, 0.25) is 0 Å².